The number of carbonyl (C=O) groups excluding carboxylic acids is 1. The van der Waals surface area contributed by atoms with E-state index in [-0.39, 0.29) is 11.9 Å². The van der Waals surface area contributed by atoms with Crippen LogP contribution in [0.15, 0.2) is 0 Å². The predicted molar refractivity (Wildman–Crippen MR) is 69.2 cm³/mol. The zero-order chi connectivity index (χ0) is 12.6. The fourth-order valence-corrected chi connectivity index (χ4v) is 3.04. The lowest BCUT2D eigenvalue weighted by molar-refractivity contribution is 0.0676. The second kappa shape index (κ2) is 4.74. The van der Waals surface area contributed by atoms with Crippen molar-refractivity contribution in [2.75, 3.05) is 13.1 Å². The van der Waals surface area contributed by atoms with Crippen LogP contribution in [0.3, 0.4) is 0 Å². The molecule has 2 rings (SSSR count). The molecule has 1 aromatic rings. The monoisotopic (exact) mass is 253 g/mol. The molecule has 2 N–H and O–H groups in total. The van der Waals surface area contributed by atoms with Crippen molar-refractivity contribution >= 4 is 17.2 Å². The van der Waals surface area contributed by atoms with Crippen molar-refractivity contribution < 1.29 is 4.79 Å². The van der Waals surface area contributed by atoms with Crippen LogP contribution in [-0.2, 0) is 0 Å². The molecule has 17 heavy (non-hydrogen) atoms. The van der Waals surface area contributed by atoms with Crippen molar-refractivity contribution in [2.24, 2.45) is 11.7 Å². The Morgan fingerprint density at radius 3 is 2.76 bits per heavy atom. The first-order chi connectivity index (χ1) is 7.99. The van der Waals surface area contributed by atoms with Crippen LogP contribution in [0.25, 0.3) is 0 Å². The Bertz CT molecular complexity index is 429. The van der Waals surface area contributed by atoms with Gasteiger partial charge in [0.05, 0.1) is 10.7 Å². The lowest BCUT2D eigenvalue weighted by atomic mass is 9.94. The minimum atomic E-state index is 0.0930. The van der Waals surface area contributed by atoms with Crippen LogP contribution in [0, 0.1) is 19.8 Å². The number of nitrogens with two attached hydrogens (primary N) is 1. The van der Waals surface area contributed by atoms with Crippen molar-refractivity contribution in [3.63, 3.8) is 0 Å². The summed E-state index contributed by atoms with van der Waals surface area (Å²) in [5, 5.41) is 0.945. The van der Waals surface area contributed by atoms with Gasteiger partial charge in [-0.15, -0.1) is 11.3 Å². The maximum atomic E-state index is 12.3. The highest BCUT2D eigenvalue weighted by molar-refractivity contribution is 7.13. The van der Waals surface area contributed by atoms with Crippen LogP contribution in [0.5, 0.6) is 0 Å². The maximum absolute atomic E-state index is 12.3. The van der Waals surface area contributed by atoms with E-state index < -0.39 is 0 Å². The Balaban J connectivity index is 2.13. The molecule has 0 saturated carbocycles. The fourth-order valence-electron chi connectivity index (χ4n) is 2.16. The number of amides is 1. The Labute approximate surface area is 106 Å². The molecule has 4 nitrogen and oxygen atoms in total. The summed E-state index contributed by atoms with van der Waals surface area (Å²) in [7, 11) is 0. The molecule has 94 valence electrons. The summed E-state index contributed by atoms with van der Waals surface area (Å²) in [4.78, 5) is 19.3. The lowest BCUT2D eigenvalue weighted by Crippen LogP contribution is -2.49. The number of likely N-dealkylation sites (tertiary alicyclic amines) is 1. The molecule has 0 radical (unpaired) electrons. The van der Waals surface area contributed by atoms with Crippen molar-refractivity contribution in [3.8, 4) is 0 Å². The number of rotatable bonds is 1. The molecule has 0 bridgehead atoms. The van der Waals surface area contributed by atoms with Gasteiger partial charge < -0.3 is 10.6 Å². The SMILES string of the molecule is Cc1nc(C)c(C(=O)N2CCC(C)C(N)C2)s1. The molecule has 2 heterocycles. The normalized spacial score (nSPS) is 25.1. The van der Waals surface area contributed by atoms with Crippen LogP contribution in [-0.4, -0.2) is 34.9 Å². The molecule has 0 aromatic carbocycles. The summed E-state index contributed by atoms with van der Waals surface area (Å²) in [6, 6.07) is 0.0991. The van der Waals surface area contributed by atoms with E-state index in [2.05, 4.69) is 11.9 Å². The quantitative estimate of drug-likeness (QED) is 0.826. The van der Waals surface area contributed by atoms with Crippen molar-refractivity contribution in [1.82, 2.24) is 9.88 Å². The summed E-state index contributed by atoms with van der Waals surface area (Å²) < 4.78 is 0. The average Bonchev–Trinajstić information content (AvgIpc) is 2.61. The second-order valence-corrected chi connectivity index (χ2v) is 6.03. The smallest absolute Gasteiger partial charge is 0.265 e. The summed E-state index contributed by atoms with van der Waals surface area (Å²) in [5.41, 5.74) is 6.86. The van der Waals surface area contributed by atoms with Crippen molar-refractivity contribution in [3.05, 3.63) is 15.6 Å². The minimum absolute atomic E-state index is 0.0930. The summed E-state index contributed by atoms with van der Waals surface area (Å²) in [5.74, 6) is 0.596. The number of piperidine rings is 1. The van der Waals surface area contributed by atoms with Gasteiger partial charge in [0.1, 0.15) is 4.88 Å². The fraction of sp³-hybridized carbons (Fsp3) is 0.667. The largest absolute Gasteiger partial charge is 0.336 e. The van der Waals surface area contributed by atoms with E-state index in [9.17, 15) is 4.79 Å². The molecule has 0 spiro atoms. The summed E-state index contributed by atoms with van der Waals surface area (Å²) in [6.45, 7) is 7.44. The van der Waals surface area contributed by atoms with Gasteiger partial charge in [-0.25, -0.2) is 4.98 Å². The van der Waals surface area contributed by atoms with Gasteiger partial charge in [-0.3, -0.25) is 4.79 Å². The molecule has 0 aliphatic carbocycles. The molecular formula is C12H19N3OS. The number of aryl methyl sites for hydroxylation is 2. The molecule has 1 fully saturated rings. The van der Waals surface area contributed by atoms with Gasteiger partial charge in [0.25, 0.3) is 5.91 Å². The topological polar surface area (TPSA) is 59.2 Å². The molecule has 5 heteroatoms. The van der Waals surface area contributed by atoms with Crippen molar-refractivity contribution in [2.45, 2.75) is 33.2 Å². The van der Waals surface area contributed by atoms with Gasteiger partial charge >= 0.3 is 0 Å². The van der Waals surface area contributed by atoms with E-state index in [1.54, 1.807) is 0 Å². The zero-order valence-corrected chi connectivity index (χ0v) is 11.4. The van der Waals surface area contributed by atoms with Gasteiger partial charge in [-0.2, -0.15) is 0 Å². The number of hydrogen-bond acceptors (Lipinski definition) is 4. The standard InChI is InChI=1S/C12H19N3OS/c1-7-4-5-15(6-10(7)13)12(16)11-8(2)14-9(3)17-11/h7,10H,4-6,13H2,1-3H3. The number of nitrogens with zero attached hydrogens (tertiary/aromatic N) is 2. The number of thiazole rings is 1. The number of aromatic nitrogens is 1. The van der Waals surface area contributed by atoms with E-state index in [0.717, 1.165) is 28.5 Å². The van der Waals surface area contributed by atoms with E-state index in [4.69, 9.17) is 5.73 Å². The Morgan fingerprint density at radius 1 is 1.53 bits per heavy atom. The third-order valence-electron chi connectivity index (χ3n) is 3.40. The van der Waals surface area contributed by atoms with Gasteiger partial charge in [0.15, 0.2) is 0 Å². The van der Waals surface area contributed by atoms with Crippen LogP contribution in [0.4, 0.5) is 0 Å². The van der Waals surface area contributed by atoms with Crippen LogP contribution in [0.2, 0.25) is 0 Å². The predicted octanol–water partition coefficient (Wildman–Crippen LogP) is 1.57. The van der Waals surface area contributed by atoms with E-state index in [1.165, 1.54) is 11.3 Å². The Hall–Kier alpha value is -0.940. The molecule has 2 unspecified atom stereocenters. The van der Waals surface area contributed by atoms with Crippen LogP contribution in [0.1, 0.15) is 33.7 Å². The highest BCUT2D eigenvalue weighted by atomic mass is 32.1. The van der Waals surface area contributed by atoms with Crippen LogP contribution >= 0.6 is 11.3 Å². The molecule has 1 saturated heterocycles. The molecule has 1 aromatic heterocycles. The first kappa shape index (κ1) is 12.5. The molecule has 1 aliphatic rings. The summed E-state index contributed by atoms with van der Waals surface area (Å²) >= 11 is 1.48. The van der Waals surface area contributed by atoms with Gasteiger partial charge in [-0.05, 0) is 26.2 Å². The maximum Gasteiger partial charge on any atom is 0.265 e. The van der Waals surface area contributed by atoms with E-state index in [0.29, 0.717) is 12.5 Å². The molecule has 1 amide bonds. The molecule has 1 aliphatic heterocycles. The summed E-state index contributed by atoms with van der Waals surface area (Å²) in [6.07, 6.45) is 0.990. The third kappa shape index (κ3) is 2.50. The van der Waals surface area contributed by atoms with E-state index >= 15 is 0 Å². The first-order valence-corrected chi connectivity index (χ1v) is 6.79. The van der Waals surface area contributed by atoms with E-state index in [1.807, 2.05) is 18.7 Å². The molecular weight excluding hydrogens is 234 g/mol. The minimum Gasteiger partial charge on any atom is -0.336 e. The highest BCUT2D eigenvalue weighted by Gasteiger charge is 2.28. The third-order valence-corrected chi connectivity index (χ3v) is 4.46. The second-order valence-electron chi connectivity index (χ2n) is 4.83. The average molecular weight is 253 g/mol. The highest BCUT2D eigenvalue weighted by Crippen LogP contribution is 2.22. The Kier molecular flexibility index (Phi) is 3.49. The molecule has 2 atom stereocenters. The Morgan fingerprint density at radius 2 is 2.24 bits per heavy atom. The first-order valence-electron chi connectivity index (χ1n) is 5.98. The lowest BCUT2D eigenvalue weighted by Gasteiger charge is -2.34. The number of carbonyl (C=O) groups is 1. The van der Waals surface area contributed by atoms with Gasteiger partial charge in [0, 0.05) is 19.1 Å². The zero-order valence-electron chi connectivity index (χ0n) is 10.6. The van der Waals surface area contributed by atoms with Crippen LogP contribution < -0.4 is 5.73 Å². The van der Waals surface area contributed by atoms with Gasteiger partial charge in [-0.1, -0.05) is 6.92 Å². The number of hydrogen-bond donors (Lipinski definition) is 1. The van der Waals surface area contributed by atoms with Gasteiger partial charge in [0.2, 0.25) is 0 Å². The van der Waals surface area contributed by atoms with Crippen molar-refractivity contribution in [1.29, 1.82) is 0 Å².